The number of rotatable bonds is 3. The lowest BCUT2D eigenvalue weighted by atomic mass is 10.1. The number of hydrogen-bond acceptors (Lipinski definition) is 3. The third-order valence-electron chi connectivity index (χ3n) is 4.15. The normalized spacial score (nSPS) is 17.2. The van der Waals surface area contributed by atoms with Gasteiger partial charge in [-0.2, -0.15) is 0 Å². The summed E-state index contributed by atoms with van der Waals surface area (Å²) in [6, 6.07) is 13.5. The Bertz CT molecular complexity index is 837. The number of nitrogens with zero attached hydrogens (tertiary/aromatic N) is 3. The van der Waals surface area contributed by atoms with Gasteiger partial charge in [0.1, 0.15) is 17.5 Å². The Hall–Kier alpha value is -2.82. The highest BCUT2D eigenvalue weighted by molar-refractivity contribution is 6.01. The summed E-state index contributed by atoms with van der Waals surface area (Å²) in [5, 5.41) is 3.47. The molecule has 2 aromatic heterocycles. The molecule has 0 radical (unpaired) electrons. The first-order valence-corrected chi connectivity index (χ1v) is 7.88. The minimum absolute atomic E-state index is 0.0586. The Morgan fingerprint density at radius 1 is 1.17 bits per heavy atom. The molecule has 0 spiro atoms. The van der Waals surface area contributed by atoms with Crippen molar-refractivity contribution in [3.63, 3.8) is 0 Å². The van der Waals surface area contributed by atoms with Crippen LogP contribution in [-0.2, 0) is 0 Å². The number of aromatic nitrogens is 2. The highest BCUT2D eigenvalue weighted by Crippen LogP contribution is 2.32. The maximum absolute atomic E-state index is 12.9. The van der Waals surface area contributed by atoms with E-state index in [4.69, 9.17) is 0 Å². The Morgan fingerprint density at radius 2 is 2.00 bits per heavy atom. The first-order valence-electron chi connectivity index (χ1n) is 7.88. The number of carbonyl (C=O) groups excluding carboxylic acids is 1. The number of fused-ring (bicyclic) bond motifs is 2. The summed E-state index contributed by atoms with van der Waals surface area (Å²) in [7, 11) is 0. The van der Waals surface area contributed by atoms with Crippen molar-refractivity contribution in [2.75, 3.05) is 11.9 Å². The van der Waals surface area contributed by atoms with Crippen molar-refractivity contribution in [2.24, 2.45) is 0 Å². The lowest BCUT2D eigenvalue weighted by Crippen LogP contribution is -2.43. The number of hydrogen-bond donors (Lipinski definition) is 1. The van der Waals surface area contributed by atoms with Gasteiger partial charge in [0.05, 0.1) is 5.56 Å². The van der Waals surface area contributed by atoms with Gasteiger partial charge in [0.2, 0.25) is 0 Å². The number of benzene rings is 1. The summed E-state index contributed by atoms with van der Waals surface area (Å²) < 4.78 is 1.98. The molecule has 23 heavy (non-hydrogen) atoms. The van der Waals surface area contributed by atoms with Gasteiger partial charge in [0.15, 0.2) is 0 Å². The van der Waals surface area contributed by atoms with Crippen molar-refractivity contribution in [1.82, 2.24) is 14.3 Å². The van der Waals surface area contributed by atoms with Crippen molar-refractivity contribution in [3.8, 4) is 0 Å². The molecule has 0 aliphatic carbocycles. The number of anilines is 1. The highest BCUT2D eigenvalue weighted by atomic mass is 16.2. The smallest absolute Gasteiger partial charge is 0.257 e. The number of amides is 1. The van der Waals surface area contributed by atoms with E-state index in [1.54, 1.807) is 0 Å². The second-order valence-corrected chi connectivity index (χ2v) is 5.72. The number of imidazole rings is 1. The van der Waals surface area contributed by atoms with Crippen LogP contribution in [0.25, 0.3) is 5.65 Å². The van der Waals surface area contributed by atoms with Crippen LogP contribution in [0.4, 0.5) is 5.69 Å². The third kappa shape index (κ3) is 2.25. The maximum Gasteiger partial charge on any atom is 0.257 e. The fourth-order valence-corrected chi connectivity index (χ4v) is 3.08. The molecule has 0 fully saturated rings. The van der Waals surface area contributed by atoms with Gasteiger partial charge in [-0.25, -0.2) is 4.98 Å². The van der Waals surface area contributed by atoms with Gasteiger partial charge in [-0.05, 0) is 30.7 Å². The molecule has 1 aromatic carbocycles. The van der Waals surface area contributed by atoms with Crippen LogP contribution in [0, 0.1) is 0 Å². The molecule has 3 aromatic rings. The first-order chi connectivity index (χ1) is 11.3. The van der Waals surface area contributed by atoms with Gasteiger partial charge in [0, 0.05) is 24.6 Å². The van der Waals surface area contributed by atoms with Crippen LogP contribution >= 0.6 is 0 Å². The van der Waals surface area contributed by atoms with Crippen LogP contribution in [0.2, 0.25) is 0 Å². The number of nitrogens with one attached hydrogen (secondary N) is 1. The third-order valence-corrected chi connectivity index (χ3v) is 4.15. The molecule has 1 N–H and O–H groups in total. The minimum Gasteiger partial charge on any atom is -0.359 e. The van der Waals surface area contributed by atoms with Crippen LogP contribution < -0.4 is 5.32 Å². The predicted molar refractivity (Wildman–Crippen MR) is 89.3 cm³/mol. The topological polar surface area (TPSA) is 49.6 Å². The van der Waals surface area contributed by atoms with Gasteiger partial charge in [-0.1, -0.05) is 25.1 Å². The van der Waals surface area contributed by atoms with Gasteiger partial charge in [-0.15, -0.1) is 0 Å². The van der Waals surface area contributed by atoms with Crippen LogP contribution in [0.5, 0.6) is 0 Å². The van der Waals surface area contributed by atoms with E-state index >= 15 is 0 Å². The summed E-state index contributed by atoms with van der Waals surface area (Å²) in [5.74, 6) is 0.0586. The molecule has 1 unspecified atom stereocenters. The lowest BCUT2D eigenvalue weighted by Gasteiger charge is -2.36. The van der Waals surface area contributed by atoms with Crippen LogP contribution in [-0.4, -0.2) is 26.7 Å². The SMILES string of the molecule is CCCN1C(=O)c2ccccc2NC1c1cn2ccccc2n1. The van der Waals surface area contributed by atoms with Gasteiger partial charge in [-0.3, -0.25) is 4.79 Å². The molecular formula is C18H18N4O. The summed E-state index contributed by atoms with van der Waals surface area (Å²) in [6.07, 6.45) is 4.61. The van der Waals surface area contributed by atoms with E-state index in [1.807, 2.05) is 64.2 Å². The van der Waals surface area contributed by atoms with Gasteiger partial charge in [0.25, 0.3) is 5.91 Å². The fraction of sp³-hybridized carbons (Fsp3) is 0.222. The van der Waals surface area contributed by atoms with Gasteiger partial charge < -0.3 is 14.6 Å². The van der Waals surface area contributed by atoms with E-state index in [2.05, 4.69) is 17.2 Å². The molecule has 1 aliphatic heterocycles. The zero-order valence-corrected chi connectivity index (χ0v) is 12.9. The highest BCUT2D eigenvalue weighted by Gasteiger charge is 2.33. The van der Waals surface area contributed by atoms with Crippen LogP contribution in [0.3, 0.4) is 0 Å². The number of pyridine rings is 1. The fourth-order valence-electron chi connectivity index (χ4n) is 3.08. The number of para-hydroxylation sites is 1. The summed E-state index contributed by atoms with van der Waals surface area (Å²) in [6.45, 7) is 2.77. The van der Waals surface area contributed by atoms with Crippen molar-refractivity contribution >= 4 is 17.2 Å². The van der Waals surface area contributed by atoms with E-state index in [1.165, 1.54) is 0 Å². The quantitative estimate of drug-likeness (QED) is 0.807. The van der Waals surface area contributed by atoms with Gasteiger partial charge >= 0.3 is 0 Å². The largest absolute Gasteiger partial charge is 0.359 e. The second kappa shape index (κ2) is 5.43. The molecule has 0 saturated heterocycles. The Morgan fingerprint density at radius 3 is 2.83 bits per heavy atom. The zero-order valence-electron chi connectivity index (χ0n) is 12.9. The van der Waals surface area contributed by atoms with E-state index in [0.29, 0.717) is 6.54 Å². The van der Waals surface area contributed by atoms with E-state index in [9.17, 15) is 4.79 Å². The van der Waals surface area contributed by atoms with Crippen molar-refractivity contribution < 1.29 is 4.79 Å². The Labute approximate surface area is 134 Å². The van der Waals surface area contributed by atoms with Crippen molar-refractivity contribution in [1.29, 1.82) is 0 Å². The van der Waals surface area contributed by atoms with Crippen molar-refractivity contribution in [2.45, 2.75) is 19.5 Å². The molecule has 5 heteroatoms. The first kappa shape index (κ1) is 13.8. The summed E-state index contributed by atoms with van der Waals surface area (Å²) in [4.78, 5) is 19.4. The molecule has 1 atom stereocenters. The molecule has 1 amide bonds. The lowest BCUT2D eigenvalue weighted by molar-refractivity contribution is 0.0680. The summed E-state index contributed by atoms with van der Waals surface area (Å²) >= 11 is 0. The molecular weight excluding hydrogens is 288 g/mol. The predicted octanol–water partition coefficient (Wildman–Crippen LogP) is 3.31. The summed E-state index contributed by atoms with van der Waals surface area (Å²) in [5.41, 5.74) is 3.33. The van der Waals surface area contributed by atoms with Crippen LogP contribution in [0.1, 0.15) is 35.6 Å². The molecule has 4 rings (SSSR count). The second-order valence-electron chi connectivity index (χ2n) is 5.72. The molecule has 3 heterocycles. The van der Waals surface area contributed by atoms with Crippen molar-refractivity contribution in [3.05, 3.63) is 66.1 Å². The Balaban J connectivity index is 1.80. The van der Waals surface area contributed by atoms with E-state index in [-0.39, 0.29) is 12.1 Å². The van der Waals surface area contributed by atoms with Crippen LogP contribution in [0.15, 0.2) is 54.9 Å². The minimum atomic E-state index is -0.239. The molecule has 1 aliphatic rings. The molecule has 116 valence electrons. The average Bonchev–Trinajstić information content (AvgIpc) is 3.01. The molecule has 0 saturated carbocycles. The standard InChI is InChI=1S/C18H18N4O/c1-2-10-22-17(15-12-21-11-6-5-9-16(21)19-15)20-14-8-4-3-7-13(14)18(22)23/h3-9,11-12,17,20H,2,10H2,1H3. The zero-order chi connectivity index (χ0) is 15.8. The van der Waals surface area contributed by atoms with E-state index < -0.39 is 0 Å². The van der Waals surface area contributed by atoms with E-state index in [0.717, 1.165) is 29.0 Å². The maximum atomic E-state index is 12.9. The number of carbonyl (C=O) groups is 1. The Kier molecular flexibility index (Phi) is 3.26. The molecule has 5 nitrogen and oxygen atoms in total. The monoisotopic (exact) mass is 306 g/mol. The molecule has 0 bridgehead atoms. The average molecular weight is 306 g/mol.